The molecule has 1 amide bonds. The first-order valence-electron chi connectivity index (χ1n) is 8.60. The number of hydrogen-bond donors (Lipinski definition) is 2. The summed E-state index contributed by atoms with van der Waals surface area (Å²) in [4.78, 5) is 12.5. The lowest BCUT2D eigenvalue weighted by Crippen LogP contribution is -2.29. The van der Waals surface area contributed by atoms with Gasteiger partial charge in [0.05, 0.1) is 24.3 Å². The molecule has 0 saturated carbocycles. The molecule has 0 fully saturated rings. The lowest BCUT2D eigenvalue weighted by Gasteiger charge is -2.23. The van der Waals surface area contributed by atoms with Crippen molar-refractivity contribution in [3.05, 3.63) is 83.6 Å². The van der Waals surface area contributed by atoms with Crippen molar-refractivity contribution in [3.8, 4) is 0 Å². The van der Waals surface area contributed by atoms with Crippen LogP contribution in [-0.4, -0.2) is 20.8 Å². The summed E-state index contributed by atoms with van der Waals surface area (Å²) >= 11 is 0. The molecule has 0 radical (unpaired) electrons. The fraction of sp³-hybridized carbons (Fsp3) is 0.238. The molecule has 1 heterocycles. The van der Waals surface area contributed by atoms with E-state index in [0.717, 1.165) is 11.3 Å². The fourth-order valence-electron chi connectivity index (χ4n) is 2.92. The Bertz CT molecular complexity index is 871. The molecule has 26 heavy (non-hydrogen) atoms. The van der Waals surface area contributed by atoms with E-state index in [1.54, 1.807) is 11.6 Å². The topological polar surface area (TPSA) is 67.2 Å². The van der Waals surface area contributed by atoms with E-state index in [1.807, 2.05) is 73.7 Å². The molecule has 5 heteroatoms. The van der Waals surface area contributed by atoms with Gasteiger partial charge in [0.25, 0.3) is 0 Å². The molecule has 2 aromatic carbocycles. The average Bonchev–Trinajstić information content (AvgIpc) is 2.95. The van der Waals surface area contributed by atoms with Crippen LogP contribution >= 0.6 is 0 Å². The molecule has 134 valence electrons. The van der Waals surface area contributed by atoms with Crippen molar-refractivity contribution >= 4 is 11.7 Å². The Kier molecular flexibility index (Phi) is 5.19. The second-order valence-electron chi connectivity index (χ2n) is 6.68. The molecular weight excluding hydrogens is 326 g/mol. The van der Waals surface area contributed by atoms with Crippen molar-refractivity contribution < 1.29 is 9.90 Å². The number of carbonyl (C=O) groups is 1. The molecule has 0 spiro atoms. The maximum atomic E-state index is 12.5. The van der Waals surface area contributed by atoms with Gasteiger partial charge >= 0.3 is 0 Å². The van der Waals surface area contributed by atoms with E-state index >= 15 is 0 Å². The van der Waals surface area contributed by atoms with Crippen LogP contribution in [0.4, 0.5) is 5.82 Å². The third kappa shape index (κ3) is 4.37. The van der Waals surface area contributed by atoms with E-state index in [1.165, 1.54) is 0 Å². The van der Waals surface area contributed by atoms with Gasteiger partial charge in [-0.1, -0.05) is 60.7 Å². The SMILES string of the molecule is Cc1cc(NC(=O)CC(C)(O)c2ccccc2)n(Cc2ccccc2)n1. The van der Waals surface area contributed by atoms with E-state index in [9.17, 15) is 9.90 Å². The van der Waals surface area contributed by atoms with Gasteiger partial charge in [-0.3, -0.25) is 4.79 Å². The van der Waals surface area contributed by atoms with Crippen LogP contribution in [0.1, 0.15) is 30.2 Å². The summed E-state index contributed by atoms with van der Waals surface area (Å²) in [5, 5.41) is 18.0. The summed E-state index contributed by atoms with van der Waals surface area (Å²) in [6.45, 7) is 4.10. The number of aromatic nitrogens is 2. The predicted molar refractivity (Wildman–Crippen MR) is 102 cm³/mol. The third-order valence-electron chi connectivity index (χ3n) is 4.25. The molecule has 2 N–H and O–H groups in total. The van der Waals surface area contributed by atoms with Crippen LogP contribution in [0.25, 0.3) is 0 Å². The highest BCUT2D eigenvalue weighted by Gasteiger charge is 2.27. The van der Waals surface area contributed by atoms with Crippen LogP contribution in [0.15, 0.2) is 66.7 Å². The number of nitrogens with one attached hydrogen (secondary N) is 1. The fourth-order valence-corrected chi connectivity index (χ4v) is 2.92. The molecule has 1 aromatic heterocycles. The summed E-state index contributed by atoms with van der Waals surface area (Å²) < 4.78 is 1.76. The molecule has 0 bridgehead atoms. The number of hydrogen-bond acceptors (Lipinski definition) is 3. The quantitative estimate of drug-likeness (QED) is 0.716. The van der Waals surface area contributed by atoms with Gasteiger partial charge in [-0.05, 0) is 25.0 Å². The number of carbonyl (C=O) groups excluding carboxylic acids is 1. The van der Waals surface area contributed by atoms with E-state index in [2.05, 4.69) is 10.4 Å². The first-order valence-corrected chi connectivity index (χ1v) is 8.60. The molecule has 0 aliphatic heterocycles. The number of amides is 1. The Morgan fingerprint density at radius 3 is 2.38 bits per heavy atom. The van der Waals surface area contributed by atoms with Gasteiger partial charge in [-0.2, -0.15) is 5.10 Å². The number of nitrogens with zero attached hydrogens (tertiary/aromatic N) is 2. The Labute approximate surface area is 153 Å². The van der Waals surface area contributed by atoms with Crippen molar-refractivity contribution in [2.24, 2.45) is 0 Å². The Morgan fingerprint density at radius 1 is 1.12 bits per heavy atom. The second-order valence-corrected chi connectivity index (χ2v) is 6.68. The number of aliphatic hydroxyl groups is 1. The lowest BCUT2D eigenvalue weighted by atomic mass is 9.92. The highest BCUT2D eigenvalue weighted by Crippen LogP contribution is 2.25. The van der Waals surface area contributed by atoms with Crippen LogP contribution in [0.2, 0.25) is 0 Å². The van der Waals surface area contributed by atoms with E-state index in [4.69, 9.17) is 0 Å². The summed E-state index contributed by atoms with van der Waals surface area (Å²) in [5.41, 5.74) is 1.41. The second kappa shape index (κ2) is 7.54. The van der Waals surface area contributed by atoms with Crippen molar-refractivity contribution in [1.29, 1.82) is 0 Å². The number of benzene rings is 2. The normalized spacial score (nSPS) is 13.2. The Balaban J connectivity index is 1.72. The van der Waals surface area contributed by atoms with Crippen LogP contribution < -0.4 is 5.32 Å². The van der Waals surface area contributed by atoms with Crippen LogP contribution in [-0.2, 0) is 16.9 Å². The largest absolute Gasteiger partial charge is 0.385 e. The number of anilines is 1. The van der Waals surface area contributed by atoms with Crippen LogP contribution in [0, 0.1) is 6.92 Å². The molecule has 0 aliphatic rings. The van der Waals surface area contributed by atoms with E-state index in [-0.39, 0.29) is 12.3 Å². The third-order valence-corrected chi connectivity index (χ3v) is 4.25. The average molecular weight is 349 g/mol. The van der Waals surface area contributed by atoms with Gasteiger partial charge in [0.1, 0.15) is 5.82 Å². The van der Waals surface area contributed by atoms with E-state index in [0.29, 0.717) is 17.9 Å². The minimum atomic E-state index is -1.23. The highest BCUT2D eigenvalue weighted by atomic mass is 16.3. The molecule has 1 atom stereocenters. The van der Waals surface area contributed by atoms with Gasteiger partial charge in [0.15, 0.2) is 0 Å². The van der Waals surface area contributed by atoms with Crippen molar-refractivity contribution in [2.75, 3.05) is 5.32 Å². The number of aryl methyl sites for hydroxylation is 1. The maximum absolute atomic E-state index is 12.5. The molecule has 3 aromatic rings. The predicted octanol–water partition coefficient (Wildman–Crippen LogP) is 3.48. The molecule has 5 nitrogen and oxygen atoms in total. The summed E-state index contributed by atoms with van der Waals surface area (Å²) in [6.07, 6.45) is -0.0351. The van der Waals surface area contributed by atoms with Gasteiger partial charge < -0.3 is 10.4 Å². The molecular formula is C21H23N3O2. The molecule has 3 rings (SSSR count). The summed E-state index contributed by atoms with van der Waals surface area (Å²) in [5.74, 6) is 0.369. The monoisotopic (exact) mass is 349 g/mol. The smallest absolute Gasteiger partial charge is 0.228 e. The zero-order valence-corrected chi connectivity index (χ0v) is 15.0. The summed E-state index contributed by atoms with van der Waals surface area (Å²) in [7, 11) is 0. The standard InChI is InChI=1S/C21H23N3O2/c1-16-13-19(24(23-16)15-17-9-5-3-6-10-17)22-20(25)14-21(2,26)18-11-7-4-8-12-18/h3-13,26H,14-15H2,1-2H3,(H,22,25). The van der Waals surface area contributed by atoms with Crippen molar-refractivity contribution in [3.63, 3.8) is 0 Å². The van der Waals surface area contributed by atoms with Crippen LogP contribution in [0.5, 0.6) is 0 Å². The van der Waals surface area contributed by atoms with Crippen molar-refractivity contribution in [1.82, 2.24) is 9.78 Å². The first kappa shape index (κ1) is 17.9. The van der Waals surface area contributed by atoms with Gasteiger partial charge in [-0.25, -0.2) is 4.68 Å². The maximum Gasteiger partial charge on any atom is 0.228 e. The molecule has 0 aliphatic carbocycles. The van der Waals surface area contributed by atoms with E-state index < -0.39 is 5.60 Å². The van der Waals surface area contributed by atoms with Gasteiger partial charge in [0, 0.05) is 6.07 Å². The minimum Gasteiger partial charge on any atom is -0.385 e. The van der Waals surface area contributed by atoms with Crippen molar-refractivity contribution in [2.45, 2.75) is 32.4 Å². The Morgan fingerprint density at radius 2 is 1.73 bits per heavy atom. The Hall–Kier alpha value is -2.92. The lowest BCUT2D eigenvalue weighted by molar-refractivity contribution is -0.120. The zero-order valence-electron chi connectivity index (χ0n) is 15.0. The highest BCUT2D eigenvalue weighted by molar-refractivity contribution is 5.90. The van der Waals surface area contributed by atoms with Crippen LogP contribution in [0.3, 0.4) is 0 Å². The minimum absolute atomic E-state index is 0.0351. The molecule has 1 unspecified atom stereocenters. The zero-order chi connectivity index (χ0) is 18.6. The molecule has 0 saturated heterocycles. The van der Waals surface area contributed by atoms with Gasteiger partial charge in [0.2, 0.25) is 5.91 Å². The first-order chi connectivity index (χ1) is 12.4. The summed E-state index contributed by atoms with van der Waals surface area (Å²) in [6, 6.07) is 21.0. The number of rotatable bonds is 6. The van der Waals surface area contributed by atoms with Gasteiger partial charge in [-0.15, -0.1) is 0 Å².